The maximum absolute atomic E-state index is 11.9. The van der Waals surface area contributed by atoms with Crippen LogP contribution in [0, 0.1) is 5.41 Å². The van der Waals surface area contributed by atoms with Crippen LogP contribution < -0.4 is 11.1 Å². The van der Waals surface area contributed by atoms with Crippen molar-refractivity contribution in [3.63, 3.8) is 0 Å². The van der Waals surface area contributed by atoms with Crippen LogP contribution in [0.3, 0.4) is 0 Å². The van der Waals surface area contributed by atoms with E-state index in [1.54, 1.807) is 0 Å². The first-order valence-corrected chi connectivity index (χ1v) is 6.97. The molecule has 1 saturated carbocycles. The van der Waals surface area contributed by atoms with E-state index in [1.807, 2.05) is 24.3 Å². The number of primary amides is 1. The Hall–Kier alpha value is -1.03. The minimum Gasteiger partial charge on any atom is -0.370 e. The Morgan fingerprint density at radius 2 is 2.00 bits per heavy atom. The number of rotatable bonds is 3. The Balaban J connectivity index is 2.29. The Morgan fingerprint density at radius 3 is 2.50 bits per heavy atom. The van der Waals surface area contributed by atoms with Crippen molar-refractivity contribution in [3.8, 4) is 0 Å². The van der Waals surface area contributed by atoms with Crippen LogP contribution in [-0.4, -0.2) is 11.4 Å². The van der Waals surface area contributed by atoms with E-state index in [1.165, 1.54) is 0 Å². The zero-order valence-electron chi connectivity index (χ0n) is 10.8. The number of anilines is 1. The summed E-state index contributed by atoms with van der Waals surface area (Å²) in [6.07, 6.45) is 2.57. The molecule has 0 aliphatic heterocycles. The van der Waals surface area contributed by atoms with E-state index in [-0.39, 0.29) is 11.3 Å². The number of nitrogens with one attached hydrogen (secondary N) is 1. The molecule has 2 rings (SSSR count). The van der Waals surface area contributed by atoms with Gasteiger partial charge in [0.2, 0.25) is 5.91 Å². The molecule has 1 aromatic rings. The highest BCUT2D eigenvalue weighted by Gasteiger charge is 2.47. The van der Waals surface area contributed by atoms with E-state index in [4.69, 9.17) is 5.73 Å². The number of nitrogens with two attached hydrogens (primary N) is 1. The molecule has 3 nitrogen and oxygen atoms in total. The Labute approximate surface area is 116 Å². The van der Waals surface area contributed by atoms with E-state index in [0.29, 0.717) is 0 Å². The Morgan fingerprint density at radius 1 is 1.33 bits per heavy atom. The van der Waals surface area contributed by atoms with Gasteiger partial charge in [0.1, 0.15) is 5.54 Å². The number of carbonyl (C=O) groups excluding carboxylic acids is 1. The number of carbonyl (C=O) groups is 1. The first-order valence-electron chi connectivity index (χ1n) is 6.17. The van der Waals surface area contributed by atoms with Gasteiger partial charge in [-0.05, 0) is 52.7 Å². The molecule has 1 unspecified atom stereocenters. The Kier molecular flexibility index (Phi) is 3.41. The van der Waals surface area contributed by atoms with Crippen molar-refractivity contribution in [1.29, 1.82) is 0 Å². The maximum atomic E-state index is 11.9. The number of halogens is 1. The van der Waals surface area contributed by atoms with E-state index in [9.17, 15) is 4.79 Å². The third-order valence-electron chi connectivity index (χ3n) is 3.73. The van der Waals surface area contributed by atoms with Gasteiger partial charge in [0.05, 0.1) is 0 Å². The summed E-state index contributed by atoms with van der Waals surface area (Å²) < 4.78 is 0.954. The average Bonchev–Trinajstić information content (AvgIpc) is 2.59. The molecule has 1 aliphatic carbocycles. The summed E-state index contributed by atoms with van der Waals surface area (Å²) in [6.45, 7) is 4.36. The van der Waals surface area contributed by atoms with Crippen LogP contribution in [0.4, 0.5) is 5.69 Å². The van der Waals surface area contributed by atoms with Crippen molar-refractivity contribution < 1.29 is 4.79 Å². The summed E-state index contributed by atoms with van der Waals surface area (Å²) in [5.74, 6) is -0.260. The fraction of sp³-hybridized carbons (Fsp3) is 0.500. The number of amides is 1. The summed E-state index contributed by atoms with van der Waals surface area (Å²) in [5, 5.41) is 3.36. The molecule has 1 amide bonds. The maximum Gasteiger partial charge on any atom is 0.243 e. The van der Waals surface area contributed by atoms with E-state index in [2.05, 4.69) is 35.1 Å². The lowest BCUT2D eigenvalue weighted by molar-refractivity contribution is -0.122. The topological polar surface area (TPSA) is 55.1 Å². The van der Waals surface area contributed by atoms with Gasteiger partial charge in [-0.2, -0.15) is 0 Å². The fourth-order valence-corrected chi connectivity index (χ4v) is 3.13. The first kappa shape index (κ1) is 13.4. The normalized spacial score (nSPS) is 25.9. The zero-order chi connectivity index (χ0) is 13.4. The molecular formula is C14H19BrN2O. The van der Waals surface area contributed by atoms with E-state index >= 15 is 0 Å². The number of benzene rings is 1. The van der Waals surface area contributed by atoms with Gasteiger partial charge in [-0.15, -0.1) is 0 Å². The molecule has 98 valence electrons. The summed E-state index contributed by atoms with van der Waals surface area (Å²) in [4.78, 5) is 11.9. The first-order chi connectivity index (χ1) is 8.35. The van der Waals surface area contributed by atoms with Crippen LogP contribution in [-0.2, 0) is 4.79 Å². The fourth-order valence-electron chi connectivity index (χ4n) is 2.74. The van der Waals surface area contributed by atoms with Gasteiger partial charge in [0.25, 0.3) is 0 Å². The second kappa shape index (κ2) is 4.57. The van der Waals surface area contributed by atoms with Crippen molar-refractivity contribution in [2.24, 2.45) is 11.1 Å². The van der Waals surface area contributed by atoms with Crippen molar-refractivity contribution in [1.82, 2.24) is 0 Å². The molecule has 0 saturated heterocycles. The van der Waals surface area contributed by atoms with Gasteiger partial charge in [0.15, 0.2) is 0 Å². The molecular weight excluding hydrogens is 292 g/mol. The van der Waals surface area contributed by atoms with E-state index < -0.39 is 5.54 Å². The molecule has 0 heterocycles. The molecule has 18 heavy (non-hydrogen) atoms. The third-order valence-corrected chi connectivity index (χ3v) is 4.42. The minimum atomic E-state index is -0.618. The highest BCUT2D eigenvalue weighted by Crippen LogP contribution is 2.45. The second-order valence-corrected chi connectivity index (χ2v) is 6.75. The van der Waals surface area contributed by atoms with Crippen LogP contribution in [0.25, 0.3) is 0 Å². The molecule has 1 fully saturated rings. The molecule has 0 aromatic heterocycles. The number of hydrogen-bond acceptors (Lipinski definition) is 2. The highest BCUT2D eigenvalue weighted by atomic mass is 79.9. The third kappa shape index (κ3) is 2.53. The van der Waals surface area contributed by atoms with E-state index in [0.717, 1.165) is 29.4 Å². The van der Waals surface area contributed by atoms with Crippen molar-refractivity contribution in [3.05, 3.63) is 28.7 Å². The van der Waals surface area contributed by atoms with Gasteiger partial charge in [-0.3, -0.25) is 4.79 Å². The summed E-state index contributed by atoms with van der Waals surface area (Å²) in [7, 11) is 0. The molecule has 4 heteroatoms. The van der Waals surface area contributed by atoms with Crippen LogP contribution in [0.5, 0.6) is 0 Å². The van der Waals surface area contributed by atoms with Gasteiger partial charge < -0.3 is 11.1 Å². The SMILES string of the molecule is CC1(C)CCC(Nc2ccccc2Br)(C(N)=O)C1. The predicted molar refractivity (Wildman–Crippen MR) is 77.3 cm³/mol. The number of para-hydroxylation sites is 1. The molecule has 1 aromatic carbocycles. The molecule has 0 spiro atoms. The molecule has 0 radical (unpaired) electrons. The van der Waals surface area contributed by atoms with Crippen molar-refractivity contribution >= 4 is 27.5 Å². The van der Waals surface area contributed by atoms with Gasteiger partial charge in [-0.25, -0.2) is 0 Å². The molecule has 0 bridgehead atoms. The van der Waals surface area contributed by atoms with Gasteiger partial charge in [0, 0.05) is 10.2 Å². The largest absolute Gasteiger partial charge is 0.370 e. The summed E-state index contributed by atoms with van der Waals surface area (Å²) in [6, 6.07) is 7.81. The second-order valence-electron chi connectivity index (χ2n) is 5.89. The van der Waals surface area contributed by atoms with Crippen LogP contribution >= 0.6 is 15.9 Å². The Bertz CT molecular complexity index is 473. The smallest absolute Gasteiger partial charge is 0.243 e. The monoisotopic (exact) mass is 310 g/mol. The van der Waals surface area contributed by atoms with Crippen LogP contribution in [0.1, 0.15) is 33.1 Å². The predicted octanol–water partition coefficient (Wildman–Crippen LogP) is 3.30. The minimum absolute atomic E-state index is 0.156. The molecule has 1 aliphatic rings. The summed E-state index contributed by atoms with van der Waals surface area (Å²) >= 11 is 3.49. The zero-order valence-corrected chi connectivity index (χ0v) is 12.4. The van der Waals surface area contributed by atoms with Crippen LogP contribution in [0.15, 0.2) is 28.7 Å². The van der Waals surface area contributed by atoms with Crippen molar-refractivity contribution in [2.45, 2.75) is 38.6 Å². The molecule has 1 atom stereocenters. The highest BCUT2D eigenvalue weighted by molar-refractivity contribution is 9.10. The lowest BCUT2D eigenvalue weighted by Crippen LogP contribution is -2.49. The summed E-state index contributed by atoms with van der Waals surface area (Å²) in [5.41, 5.74) is 6.10. The molecule has 3 N–H and O–H groups in total. The van der Waals surface area contributed by atoms with Gasteiger partial charge in [-0.1, -0.05) is 26.0 Å². The van der Waals surface area contributed by atoms with Gasteiger partial charge >= 0.3 is 0 Å². The number of hydrogen-bond donors (Lipinski definition) is 2. The lowest BCUT2D eigenvalue weighted by Gasteiger charge is -2.30. The van der Waals surface area contributed by atoms with Crippen LogP contribution in [0.2, 0.25) is 0 Å². The average molecular weight is 311 g/mol. The lowest BCUT2D eigenvalue weighted by atomic mass is 9.87. The van der Waals surface area contributed by atoms with Crippen molar-refractivity contribution in [2.75, 3.05) is 5.32 Å². The standard InChI is InChI=1S/C14H19BrN2O/c1-13(2)7-8-14(9-13,12(16)18)17-11-6-4-3-5-10(11)15/h3-6,17H,7-9H2,1-2H3,(H2,16,18). The quantitative estimate of drug-likeness (QED) is 0.900.